The molecular weight excluding hydrogens is 290 g/mol. The molecule has 1 unspecified atom stereocenters. The first-order valence-electron chi connectivity index (χ1n) is 6.23. The zero-order valence-corrected chi connectivity index (χ0v) is 12.3. The number of hydrogen-bond acceptors (Lipinski definition) is 2. The molecule has 2 rings (SSSR count). The Kier molecular flexibility index (Phi) is 4.25. The van der Waals surface area contributed by atoms with Crippen molar-refractivity contribution in [3.05, 3.63) is 46.1 Å². The molecule has 0 aliphatic heterocycles. The standard InChI is InChI=1S/C15H18BrNO/c1-3-11-9-12(16)4-6-14(11)15-7-5-13(18-15)8-10(2)17/h4-7,9-10H,3,8,17H2,1-2H3. The number of rotatable bonds is 4. The van der Waals surface area contributed by atoms with Gasteiger partial charge in [0.2, 0.25) is 0 Å². The van der Waals surface area contributed by atoms with Crippen LogP contribution in [0.4, 0.5) is 0 Å². The Labute approximate surface area is 116 Å². The molecule has 2 aromatic rings. The molecule has 0 fully saturated rings. The molecule has 2 N–H and O–H groups in total. The van der Waals surface area contributed by atoms with Gasteiger partial charge in [-0.25, -0.2) is 0 Å². The largest absolute Gasteiger partial charge is 0.461 e. The van der Waals surface area contributed by atoms with Gasteiger partial charge >= 0.3 is 0 Å². The van der Waals surface area contributed by atoms with Gasteiger partial charge in [-0.1, -0.05) is 22.9 Å². The third-order valence-corrected chi connectivity index (χ3v) is 3.39. The number of aryl methyl sites for hydroxylation is 1. The third kappa shape index (κ3) is 3.03. The van der Waals surface area contributed by atoms with Gasteiger partial charge < -0.3 is 10.2 Å². The summed E-state index contributed by atoms with van der Waals surface area (Å²) in [5.41, 5.74) is 8.23. The normalized spacial score (nSPS) is 12.7. The lowest BCUT2D eigenvalue weighted by atomic mass is 10.0. The lowest BCUT2D eigenvalue weighted by Gasteiger charge is -2.06. The maximum atomic E-state index is 5.87. The van der Waals surface area contributed by atoms with Gasteiger partial charge in [0.1, 0.15) is 11.5 Å². The summed E-state index contributed by atoms with van der Waals surface area (Å²) in [7, 11) is 0. The van der Waals surface area contributed by atoms with Crippen molar-refractivity contribution in [1.29, 1.82) is 0 Å². The van der Waals surface area contributed by atoms with Gasteiger partial charge in [0.25, 0.3) is 0 Å². The van der Waals surface area contributed by atoms with E-state index in [1.807, 2.05) is 25.1 Å². The Morgan fingerprint density at radius 3 is 2.72 bits per heavy atom. The summed E-state index contributed by atoms with van der Waals surface area (Å²) in [6.45, 7) is 4.14. The number of halogens is 1. The minimum atomic E-state index is 0.125. The Morgan fingerprint density at radius 2 is 2.06 bits per heavy atom. The summed E-state index contributed by atoms with van der Waals surface area (Å²) >= 11 is 3.50. The highest BCUT2D eigenvalue weighted by atomic mass is 79.9. The van der Waals surface area contributed by atoms with Crippen molar-refractivity contribution in [3.8, 4) is 11.3 Å². The van der Waals surface area contributed by atoms with Gasteiger partial charge in [0.15, 0.2) is 0 Å². The first kappa shape index (κ1) is 13.4. The fraction of sp³-hybridized carbons (Fsp3) is 0.333. The van der Waals surface area contributed by atoms with E-state index in [0.717, 1.165) is 34.4 Å². The predicted octanol–water partition coefficient (Wildman–Crippen LogP) is 4.16. The van der Waals surface area contributed by atoms with Gasteiger partial charge in [-0.2, -0.15) is 0 Å². The highest BCUT2D eigenvalue weighted by Crippen LogP contribution is 2.29. The first-order chi connectivity index (χ1) is 8.60. The second-order valence-electron chi connectivity index (χ2n) is 4.60. The number of furan rings is 1. The first-order valence-corrected chi connectivity index (χ1v) is 7.02. The predicted molar refractivity (Wildman–Crippen MR) is 78.6 cm³/mol. The van der Waals surface area contributed by atoms with Crippen LogP contribution < -0.4 is 5.73 Å². The van der Waals surface area contributed by atoms with Crippen LogP contribution in [0.15, 0.2) is 39.2 Å². The SMILES string of the molecule is CCc1cc(Br)ccc1-c1ccc(CC(C)N)o1. The highest BCUT2D eigenvalue weighted by Gasteiger charge is 2.10. The van der Waals surface area contributed by atoms with Gasteiger partial charge in [-0.3, -0.25) is 0 Å². The van der Waals surface area contributed by atoms with E-state index in [4.69, 9.17) is 10.2 Å². The Hall–Kier alpha value is -1.06. The minimum Gasteiger partial charge on any atom is -0.461 e. The van der Waals surface area contributed by atoms with Crippen LogP contribution in [0.25, 0.3) is 11.3 Å². The zero-order valence-electron chi connectivity index (χ0n) is 10.7. The molecule has 96 valence electrons. The molecule has 1 aromatic heterocycles. The molecule has 3 heteroatoms. The molecule has 0 saturated carbocycles. The summed E-state index contributed by atoms with van der Waals surface area (Å²) < 4.78 is 6.97. The zero-order chi connectivity index (χ0) is 13.1. The van der Waals surface area contributed by atoms with Crippen molar-refractivity contribution >= 4 is 15.9 Å². The summed E-state index contributed by atoms with van der Waals surface area (Å²) in [5, 5.41) is 0. The summed E-state index contributed by atoms with van der Waals surface area (Å²) in [6.07, 6.45) is 1.76. The highest BCUT2D eigenvalue weighted by molar-refractivity contribution is 9.10. The molecule has 0 amide bonds. The molecule has 0 saturated heterocycles. The van der Waals surface area contributed by atoms with Crippen molar-refractivity contribution < 1.29 is 4.42 Å². The van der Waals surface area contributed by atoms with Gasteiger partial charge in [0, 0.05) is 22.5 Å². The molecule has 1 aromatic carbocycles. The fourth-order valence-electron chi connectivity index (χ4n) is 2.04. The van der Waals surface area contributed by atoms with E-state index in [0.29, 0.717) is 0 Å². The van der Waals surface area contributed by atoms with Crippen molar-refractivity contribution in [1.82, 2.24) is 0 Å². The van der Waals surface area contributed by atoms with Gasteiger partial charge in [-0.15, -0.1) is 0 Å². The van der Waals surface area contributed by atoms with Crippen LogP contribution in [0.3, 0.4) is 0 Å². The lowest BCUT2D eigenvalue weighted by Crippen LogP contribution is -2.17. The van der Waals surface area contributed by atoms with E-state index in [9.17, 15) is 0 Å². The lowest BCUT2D eigenvalue weighted by molar-refractivity contribution is 0.503. The minimum absolute atomic E-state index is 0.125. The van der Waals surface area contributed by atoms with Crippen LogP contribution in [-0.2, 0) is 12.8 Å². The molecule has 0 spiro atoms. The molecule has 0 radical (unpaired) electrons. The maximum absolute atomic E-state index is 5.87. The van der Waals surface area contributed by atoms with Crippen LogP contribution in [0, 0.1) is 0 Å². The average Bonchev–Trinajstić information content (AvgIpc) is 2.76. The quantitative estimate of drug-likeness (QED) is 0.921. The van der Waals surface area contributed by atoms with Crippen molar-refractivity contribution in [2.45, 2.75) is 32.7 Å². The Morgan fingerprint density at radius 1 is 1.28 bits per heavy atom. The number of benzene rings is 1. The van der Waals surface area contributed by atoms with E-state index in [-0.39, 0.29) is 6.04 Å². The monoisotopic (exact) mass is 307 g/mol. The van der Waals surface area contributed by atoms with E-state index < -0.39 is 0 Å². The fourth-order valence-corrected chi connectivity index (χ4v) is 2.45. The van der Waals surface area contributed by atoms with Crippen LogP contribution in [0.1, 0.15) is 25.2 Å². The average molecular weight is 308 g/mol. The van der Waals surface area contributed by atoms with Crippen molar-refractivity contribution in [2.24, 2.45) is 5.73 Å². The number of hydrogen-bond donors (Lipinski definition) is 1. The molecule has 0 bridgehead atoms. The van der Waals surface area contributed by atoms with E-state index in [1.165, 1.54) is 5.56 Å². The van der Waals surface area contributed by atoms with Gasteiger partial charge in [0.05, 0.1) is 0 Å². The summed E-state index contributed by atoms with van der Waals surface area (Å²) in [4.78, 5) is 0. The Bertz CT molecular complexity index is 531. The van der Waals surface area contributed by atoms with Crippen molar-refractivity contribution in [3.63, 3.8) is 0 Å². The number of nitrogens with two attached hydrogens (primary N) is 1. The molecule has 1 heterocycles. The molecular formula is C15H18BrNO. The smallest absolute Gasteiger partial charge is 0.134 e. The molecule has 0 aliphatic carbocycles. The molecule has 2 nitrogen and oxygen atoms in total. The van der Waals surface area contributed by atoms with Crippen LogP contribution >= 0.6 is 15.9 Å². The van der Waals surface area contributed by atoms with E-state index in [1.54, 1.807) is 0 Å². The summed E-state index contributed by atoms with van der Waals surface area (Å²) in [5.74, 6) is 1.87. The maximum Gasteiger partial charge on any atom is 0.134 e. The van der Waals surface area contributed by atoms with Crippen LogP contribution in [-0.4, -0.2) is 6.04 Å². The van der Waals surface area contributed by atoms with Crippen LogP contribution in [0.5, 0.6) is 0 Å². The van der Waals surface area contributed by atoms with Crippen molar-refractivity contribution in [2.75, 3.05) is 0 Å². The molecule has 0 aliphatic rings. The third-order valence-electron chi connectivity index (χ3n) is 2.90. The molecule has 1 atom stereocenters. The van der Waals surface area contributed by atoms with E-state index in [2.05, 4.69) is 35.0 Å². The van der Waals surface area contributed by atoms with E-state index >= 15 is 0 Å². The second-order valence-corrected chi connectivity index (χ2v) is 5.52. The summed E-state index contributed by atoms with van der Waals surface area (Å²) in [6, 6.07) is 10.4. The Balaban J connectivity index is 2.33. The topological polar surface area (TPSA) is 39.2 Å². The van der Waals surface area contributed by atoms with Crippen LogP contribution in [0.2, 0.25) is 0 Å². The van der Waals surface area contributed by atoms with Gasteiger partial charge in [-0.05, 0) is 49.2 Å². The molecule has 18 heavy (non-hydrogen) atoms. The second kappa shape index (κ2) is 5.72.